The topological polar surface area (TPSA) is 84.1 Å². The summed E-state index contributed by atoms with van der Waals surface area (Å²) < 4.78 is 23.1. The Bertz CT molecular complexity index is 893. The molecular weight excluding hydrogens is 278 g/mol. The maximum atomic E-state index is 12.4. The normalized spacial score (nSPS) is 15.3. The zero-order valence-corrected chi connectivity index (χ0v) is 11.7. The van der Waals surface area contributed by atoms with Crippen molar-refractivity contribution >= 4 is 26.5 Å². The molecule has 0 saturated heterocycles. The van der Waals surface area contributed by atoms with Gasteiger partial charge in [0.15, 0.2) is 21.0 Å². The molecule has 0 aliphatic heterocycles. The number of aryl methyl sites for hydroxylation is 1. The number of fused-ring (bicyclic) bond motifs is 2. The largest absolute Gasteiger partial charge is 0.358 e. The quantitative estimate of drug-likeness (QED) is 0.862. The van der Waals surface area contributed by atoms with E-state index in [1.165, 1.54) is 18.2 Å². The summed E-state index contributed by atoms with van der Waals surface area (Å²) in [7, 11) is -3.33. The van der Waals surface area contributed by atoms with Crippen LogP contribution in [0.15, 0.2) is 27.9 Å². The van der Waals surface area contributed by atoms with Gasteiger partial charge in [-0.15, -0.1) is 0 Å². The summed E-state index contributed by atoms with van der Waals surface area (Å²) in [5, 5.41) is 0.353. The Morgan fingerprint density at radius 3 is 2.60 bits per heavy atom. The molecule has 1 heterocycles. The Morgan fingerprint density at radius 2 is 1.90 bits per heavy atom. The third kappa shape index (κ3) is 1.96. The number of H-pyrrole nitrogens is 1. The number of aromatic amines is 1. The average Bonchev–Trinajstić information content (AvgIpc) is 2.37. The molecule has 0 spiro atoms. The summed E-state index contributed by atoms with van der Waals surface area (Å²) in [4.78, 5) is 27.4. The van der Waals surface area contributed by atoms with E-state index in [2.05, 4.69) is 4.98 Å². The summed E-state index contributed by atoms with van der Waals surface area (Å²) in [5.74, 6) is -0.137. The molecule has 1 aromatic heterocycles. The first-order valence-electron chi connectivity index (χ1n) is 6.30. The molecule has 0 atom stereocenters. The first-order chi connectivity index (χ1) is 9.38. The first-order valence-corrected chi connectivity index (χ1v) is 8.19. The molecule has 20 heavy (non-hydrogen) atoms. The van der Waals surface area contributed by atoms with Gasteiger partial charge in [0.05, 0.1) is 16.0 Å². The van der Waals surface area contributed by atoms with Gasteiger partial charge in [-0.3, -0.25) is 9.59 Å². The average molecular weight is 291 g/mol. The molecule has 1 aromatic carbocycles. The number of ketones is 1. The van der Waals surface area contributed by atoms with Crippen molar-refractivity contribution in [3.63, 3.8) is 0 Å². The van der Waals surface area contributed by atoms with Crippen LogP contribution in [0.4, 0.5) is 0 Å². The second-order valence-electron chi connectivity index (χ2n) is 5.06. The summed E-state index contributed by atoms with van der Waals surface area (Å²) in [6, 6.07) is 4.31. The molecule has 0 bridgehead atoms. The van der Waals surface area contributed by atoms with Crippen molar-refractivity contribution in [2.75, 3.05) is 6.26 Å². The number of hydrogen-bond acceptors (Lipinski definition) is 4. The monoisotopic (exact) mass is 291 g/mol. The Labute approximate surface area is 115 Å². The van der Waals surface area contributed by atoms with Gasteiger partial charge >= 0.3 is 0 Å². The zero-order valence-electron chi connectivity index (χ0n) is 10.9. The van der Waals surface area contributed by atoms with E-state index < -0.39 is 9.84 Å². The number of sulfone groups is 1. The number of carbonyl (C=O) groups excluding carboxylic acids is 1. The lowest BCUT2D eigenvalue weighted by Gasteiger charge is -2.15. The van der Waals surface area contributed by atoms with E-state index in [-0.39, 0.29) is 21.7 Å². The molecule has 0 radical (unpaired) electrons. The van der Waals surface area contributed by atoms with Crippen LogP contribution in [0.1, 0.15) is 28.9 Å². The van der Waals surface area contributed by atoms with Crippen LogP contribution in [0.5, 0.6) is 0 Å². The van der Waals surface area contributed by atoms with Crippen LogP contribution in [-0.2, 0) is 16.3 Å². The summed E-state index contributed by atoms with van der Waals surface area (Å²) in [6.07, 6.45) is 2.85. The number of hydrogen-bond donors (Lipinski definition) is 1. The summed E-state index contributed by atoms with van der Waals surface area (Å²) in [6.45, 7) is 0. The van der Waals surface area contributed by atoms with Crippen molar-refractivity contribution in [3.05, 3.63) is 39.7 Å². The van der Waals surface area contributed by atoms with E-state index >= 15 is 0 Å². The van der Waals surface area contributed by atoms with E-state index in [1.807, 2.05) is 0 Å². The minimum atomic E-state index is -3.33. The highest BCUT2D eigenvalue weighted by Crippen LogP contribution is 2.21. The van der Waals surface area contributed by atoms with Crippen LogP contribution >= 0.6 is 0 Å². The number of Topliss-reactive ketones (excluding diaryl/α,β-unsaturated/α-hetero) is 1. The Hall–Kier alpha value is -1.95. The van der Waals surface area contributed by atoms with Crippen molar-refractivity contribution in [2.24, 2.45) is 0 Å². The van der Waals surface area contributed by atoms with Gasteiger partial charge < -0.3 is 4.98 Å². The second kappa shape index (κ2) is 4.28. The number of aromatic nitrogens is 1. The zero-order chi connectivity index (χ0) is 14.5. The third-order valence-electron chi connectivity index (χ3n) is 3.59. The molecule has 2 aromatic rings. The fraction of sp³-hybridized carbons (Fsp3) is 0.286. The molecule has 1 aliphatic rings. The second-order valence-corrected chi connectivity index (χ2v) is 7.08. The highest BCUT2D eigenvalue weighted by Gasteiger charge is 2.23. The molecule has 104 valence electrons. The standard InChI is InChI=1S/C14H13NO4S/c1-20(18,19)8-5-6-9-11(7-8)15-10-3-2-4-12(16)13(10)14(9)17/h5-7H,2-4H2,1H3,(H,15,17). The van der Waals surface area contributed by atoms with Crippen molar-refractivity contribution in [1.29, 1.82) is 0 Å². The number of rotatable bonds is 1. The lowest BCUT2D eigenvalue weighted by Crippen LogP contribution is -2.23. The summed E-state index contributed by atoms with van der Waals surface area (Å²) >= 11 is 0. The van der Waals surface area contributed by atoms with Gasteiger partial charge in [-0.25, -0.2) is 8.42 Å². The Kier molecular flexibility index (Phi) is 2.79. The van der Waals surface area contributed by atoms with E-state index in [9.17, 15) is 18.0 Å². The van der Waals surface area contributed by atoms with Crippen molar-refractivity contribution in [1.82, 2.24) is 4.98 Å². The number of pyridine rings is 1. The molecular formula is C14H13NO4S. The molecule has 0 fully saturated rings. The maximum Gasteiger partial charge on any atom is 0.200 e. The van der Waals surface area contributed by atoms with E-state index in [0.29, 0.717) is 35.9 Å². The molecule has 6 heteroatoms. The molecule has 3 rings (SSSR count). The van der Waals surface area contributed by atoms with Crippen LogP contribution in [0.25, 0.3) is 10.9 Å². The number of carbonyl (C=O) groups is 1. The van der Waals surface area contributed by atoms with Crippen LogP contribution in [-0.4, -0.2) is 25.4 Å². The Balaban J connectivity index is 2.37. The predicted molar refractivity (Wildman–Crippen MR) is 74.9 cm³/mol. The highest BCUT2D eigenvalue weighted by atomic mass is 32.2. The van der Waals surface area contributed by atoms with E-state index in [0.717, 1.165) is 6.26 Å². The number of nitrogens with one attached hydrogen (secondary N) is 1. The SMILES string of the molecule is CS(=O)(=O)c1ccc2c(=O)c3c([nH]c2c1)CCCC3=O. The maximum absolute atomic E-state index is 12.4. The fourth-order valence-corrected chi connectivity index (χ4v) is 3.23. The van der Waals surface area contributed by atoms with Gasteiger partial charge in [0, 0.05) is 23.8 Å². The molecule has 0 saturated carbocycles. The highest BCUT2D eigenvalue weighted by molar-refractivity contribution is 7.90. The molecule has 0 amide bonds. The van der Waals surface area contributed by atoms with E-state index in [1.54, 1.807) is 0 Å². The van der Waals surface area contributed by atoms with Crippen LogP contribution in [0.2, 0.25) is 0 Å². The number of benzene rings is 1. The molecule has 1 aliphatic carbocycles. The van der Waals surface area contributed by atoms with Gasteiger partial charge in [0.25, 0.3) is 0 Å². The molecule has 0 unspecified atom stereocenters. The van der Waals surface area contributed by atoms with Gasteiger partial charge in [-0.1, -0.05) is 0 Å². The van der Waals surface area contributed by atoms with Crippen LogP contribution in [0.3, 0.4) is 0 Å². The minimum absolute atomic E-state index is 0.137. The fourth-order valence-electron chi connectivity index (χ4n) is 2.59. The minimum Gasteiger partial charge on any atom is -0.358 e. The van der Waals surface area contributed by atoms with Gasteiger partial charge in [-0.2, -0.15) is 0 Å². The van der Waals surface area contributed by atoms with Crippen molar-refractivity contribution in [3.8, 4) is 0 Å². The van der Waals surface area contributed by atoms with Crippen LogP contribution in [0, 0.1) is 0 Å². The van der Waals surface area contributed by atoms with Crippen molar-refractivity contribution < 1.29 is 13.2 Å². The molecule has 1 N–H and O–H groups in total. The summed E-state index contributed by atoms with van der Waals surface area (Å²) in [5.41, 5.74) is 1.00. The van der Waals surface area contributed by atoms with Gasteiger partial charge in [0.1, 0.15) is 0 Å². The first kappa shape index (κ1) is 13.1. The van der Waals surface area contributed by atoms with Gasteiger partial charge in [-0.05, 0) is 31.0 Å². The smallest absolute Gasteiger partial charge is 0.200 e. The van der Waals surface area contributed by atoms with E-state index in [4.69, 9.17) is 0 Å². The third-order valence-corrected chi connectivity index (χ3v) is 4.70. The van der Waals surface area contributed by atoms with Crippen molar-refractivity contribution in [2.45, 2.75) is 24.2 Å². The van der Waals surface area contributed by atoms with Crippen LogP contribution < -0.4 is 5.43 Å². The van der Waals surface area contributed by atoms with Gasteiger partial charge in [0.2, 0.25) is 0 Å². The lowest BCUT2D eigenvalue weighted by molar-refractivity contribution is 0.0970. The lowest BCUT2D eigenvalue weighted by atomic mass is 9.93. The predicted octanol–water partition coefficient (Wildman–Crippen LogP) is 1.45. The molecule has 5 nitrogen and oxygen atoms in total. The Morgan fingerprint density at radius 1 is 1.15 bits per heavy atom.